The van der Waals surface area contributed by atoms with Crippen molar-refractivity contribution in [1.82, 2.24) is 10.3 Å². The number of rotatable bonds is 8. The van der Waals surface area contributed by atoms with Crippen LogP contribution >= 0.6 is 0 Å². The van der Waals surface area contributed by atoms with Crippen LogP contribution in [0.5, 0.6) is 23.0 Å². The highest BCUT2D eigenvalue weighted by molar-refractivity contribution is 6.32. The van der Waals surface area contributed by atoms with Gasteiger partial charge in [0.1, 0.15) is 29.0 Å². The summed E-state index contributed by atoms with van der Waals surface area (Å²) in [5.74, 6) is 2.84. The van der Waals surface area contributed by atoms with Crippen LogP contribution in [0.1, 0.15) is 22.3 Å². The Balaban J connectivity index is 1.37. The minimum Gasteiger partial charge on any atom is -0.497 e. The van der Waals surface area contributed by atoms with Crippen molar-refractivity contribution in [1.29, 1.82) is 0 Å². The van der Waals surface area contributed by atoms with E-state index < -0.39 is 6.04 Å². The zero-order valence-corrected chi connectivity index (χ0v) is 31.8. The maximum atomic E-state index is 14.4. The standard InChI is InChI=1S/C48H38N4O5/c1-54-32-13-5-28(6-14-32)44-36-21-22-37(49-36)45(29-7-15-33(55-2)16-8-29)39-25-26-41(51-39)47(31-11-19-35(57-4)20-12-31)48-43(53)27-42(52-48)46(40-24-23-38(44)50-40)30-9-17-34(56-3)18-10-30/h5-27,48-49,52H,1-4H3. The van der Waals surface area contributed by atoms with Gasteiger partial charge in [-0.15, -0.1) is 0 Å². The van der Waals surface area contributed by atoms with E-state index in [1.165, 1.54) is 0 Å². The normalized spacial score (nSPS) is 17.1. The van der Waals surface area contributed by atoms with Crippen LogP contribution in [-0.4, -0.2) is 56.7 Å². The van der Waals surface area contributed by atoms with Crippen molar-refractivity contribution in [3.8, 4) is 23.0 Å². The van der Waals surface area contributed by atoms with Gasteiger partial charge in [0.15, 0.2) is 5.78 Å². The maximum Gasteiger partial charge on any atom is 0.184 e. The molecule has 0 radical (unpaired) electrons. The molecule has 0 aliphatic carbocycles. The highest BCUT2D eigenvalue weighted by atomic mass is 16.5. The van der Waals surface area contributed by atoms with Crippen molar-refractivity contribution in [3.05, 3.63) is 190 Å². The Morgan fingerprint density at radius 1 is 0.474 bits per heavy atom. The van der Waals surface area contributed by atoms with Gasteiger partial charge < -0.3 is 29.2 Å². The number of nitrogens with zero attached hydrogens (tertiary/aromatic N) is 2. The van der Waals surface area contributed by atoms with Crippen LogP contribution in [0.3, 0.4) is 0 Å². The predicted octanol–water partition coefficient (Wildman–Crippen LogP) is 6.73. The third kappa shape index (κ3) is 6.49. The summed E-state index contributed by atoms with van der Waals surface area (Å²) in [6.07, 6.45) is 9.72. The van der Waals surface area contributed by atoms with Gasteiger partial charge in [0.05, 0.1) is 51.3 Å². The maximum absolute atomic E-state index is 14.4. The zero-order valence-electron chi connectivity index (χ0n) is 31.8. The first-order valence-corrected chi connectivity index (χ1v) is 18.5. The Morgan fingerprint density at radius 2 is 0.877 bits per heavy atom. The molecule has 57 heavy (non-hydrogen) atoms. The number of aliphatic imine (C=N–C) groups is 2. The Labute approximate surface area is 329 Å². The summed E-state index contributed by atoms with van der Waals surface area (Å²) in [6, 6.07) is 34.9. The van der Waals surface area contributed by atoms with Crippen molar-refractivity contribution in [2.45, 2.75) is 6.04 Å². The van der Waals surface area contributed by atoms with E-state index >= 15 is 0 Å². The lowest BCUT2D eigenvalue weighted by Gasteiger charge is -2.20. The zero-order chi connectivity index (χ0) is 39.0. The second-order valence-electron chi connectivity index (χ2n) is 13.7. The molecule has 1 aromatic heterocycles. The summed E-state index contributed by atoms with van der Waals surface area (Å²) in [5.41, 5.74) is 10.5. The third-order valence-electron chi connectivity index (χ3n) is 10.5. The fourth-order valence-corrected chi connectivity index (χ4v) is 7.66. The van der Waals surface area contributed by atoms with Crippen LogP contribution in [0.15, 0.2) is 167 Å². The summed E-state index contributed by atoms with van der Waals surface area (Å²) in [6.45, 7) is 0. The number of ketones is 1. The molecule has 4 aromatic carbocycles. The number of carbonyl (C=O) groups is 1. The summed E-state index contributed by atoms with van der Waals surface area (Å²) >= 11 is 0. The molecule has 9 rings (SSSR count). The number of fused-ring (bicyclic) bond motifs is 6. The molecule has 9 heteroatoms. The van der Waals surface area contributed by atoms with Crippen LogP contribution in [-0.2, 0) is 4.79 Å². The van der Waals surface area contributed by atoms with Crippen LogP contribution in [0.4, 0.5) is 0 Å². The van der Waals surface area contributed by atoms with Crippen molar-refractivity contribution < 1.29 is 23.7 Å². The fourth-order valence-electron chi connectivity index (χ4n) is 7.66. The molecular weight excluding hydrogens is 713 g/mol. The quantitative estimate of drug-likeness (QED) is 0.182. The molecule has 280 valence electrons. The van der Waals surface area contributed by atoms with Gasteiger partial charge in [-0.3, -0.25) is 4.79 Å². The highest BCUT2D eigenvalue weighted by Crippen LogP contribution is 2.38. The molecule has 2 N–H and O–H groups in total. The molecule has 0 saturated carbocycles. The molecule has 0 amide bonds. The van der Waals surface area contributed by atoms with E-state index in [9.17, 15) is 4.79 Å². The average molecular weight is 751 g/mol. The fraction of sp³-hybridized carbons (Fsp3) is 0.104. The van der Waals surface area contributed by atoms with Gasteiger partial charge in [0, 0.05) is 44.8 Å². The topological polar surface area (TPSA) is 107 Å². The van der Waals surface area contributed by atoms with E-state index in [0.717, 1.165) is 83.9 Å². The molecule has 1 unspecified atom stereocenters. The van der Waals surface area contributed by atoms with E-state index in [2.05, 4.69) is 22.4 Å². The molecule has 9 nitrogen and oxygen atoms in total. The third-order valence-corrected chi connectivity index (χ3v) is 10.5. The van der Waals surface area contributed by atoms with Gasteiger partial charge in [-0.2, -0.15) is 0 Å². The summed E-state index contributed by atoms with van der Waals surface area (Å²) in [5, 5.41) is 5.37. The largest absolute Gasteiger partial charge is 0.497 e. The van der Waals surface area contributed by atoms with E-state index in [-0.39, 0.29) is 5.78 Å². The number of aromatic amines is 1. The molecule has 5 heterocycles. The smallest absolute Gasteiger partial charge is 0.184 e. The lowest BCUT2D eigenvalue weighted by Crippen LogP contribution is -2.31. The van der Waals surface area contributed by atoms with Crippen molar-refractivity contribution in [2.75, 3.05) is 28.4 Å². The number of hydrogen-bond donors (Lipinski definition) is 2. The van der Waals surface area contributed by atoms with Gasteiger partial charge in [0.2, 0.25) is 0 Å². The van der Waals surface area contributed by atoms with Gasteiger partial charge in [0.25, 0.3) is 0 Å². The van der Waals surface area contributed by atoms with Crippen LogP contribution in [0.2, 0.25) is 0 Å². The molecule has 4 aliphatic rings. The molecule has 0 fully saturated rings. The number of carbonyl (C=O) groups excluding carboxylic acids is 1. The van der Waals surface area contributed by atoms with Crippen molar-refractivity contribution in [3.63, 3.8) is 0 Å². The molecule has 1 atom stereocenters. The minimum atomic E-state index is -0.741. The monoisotopic (exact) mass is 750 g/mol. The number of H-pyrrole nitrogens is 1. The minimum absolute atomic E-state index is 0.0964. The van der Waals surface area contributed by atoms with Gasteiger partial charge in [-0.05, 0) is 107 Å². The predicted molar refractivity (Wildman–Crippen MR) is 224 cm³/mol. The van der Waals surface area contributed by atoms with Gasteiger partial charge >= 0.3 is 0 Å². The van der Waals surface area contributed by atoms with Gasteiger partial charge in [-0.25, -0.2) is 9.98 Å². The number of benzene rings is 4. The van der Waals surface area contributed by atoms with Crippen LogP contribution in [0.25, 0.3) is 22.3 Å². The SMILES string of the molecule is COc1ccc(C2=C3C=CC(=N3)C(c3ccc(OC)cc3)=c3ccc([nH]3)=C(c3ccc(OC)cc3)C3=NC(=C(c4ccc(OC)cc4)C4NC2=CC4=O)C=C3)cc1. The van der Waals surface area contributed by atoms with Crippen LogP contribution < -0.4 is 35.0 Å². The number of aromatic nitrogens is 1. The van der Waals surface area contributed by atoms with Crippen LogP contribution in [0, 0.1) is 0 Å². The van der Waals surface area contributed by atoms with Crippen molar-refractivity contribution >= 4 is 39.5 Å². The molecule has 0 saturated heterocycles. The average Bonchev–Trinajstić information content (AvgIpc) is 4.09. The highest BCUT2D eigenvalue weighted by Gasteiger charge is 2.34. The molecule has 4 aliphatic heterocycles. The van der Waals surface area contributed by atoms with E-state index in [1.807, 2.05) is 121 Å². The number of hydrogen-bond acceptors (Lipinski definition) is 8. The van der Waals surface area contributed by atoms with E-state index in [4.69, 9.17) is 28.9 Å². The second kappa shape index (κ2) is 14.7. The number of methoxy groups -OCH3 is 4. The number of ether oxygens (including phenoxy) is 4. The van der Waals surface area contributed by atoms with E-state index in [1.54, 1.807) is 34.5 Å². The first kappa shape index (κ1) is 35.3. The van der Waals surface area contributed by atoms with Gasteiger partial charge in [-0.1, -0.05) is 48.5 Å². The molecule has 5 aromatic rings. The lowest BCUT2D eigenvalue weighted by molar-refractivity contribution is -0.114. The van der Waals surface area contributed by atoms with Crippen molar-refractivity contribution in [2.24, 2.45) is 9.98 Å². The Morgan fingerprint density at radius 3 is 1.33 bits per heavy atom. The number of allylic oxidation sites excluding steroid dienone is 5. The Bertz CT molecular complexity index is 2780. The summed E-state index contributed by atoms with van der Waals surface area (Å²) in [4.78, 5) is 28.8. The summed E-state index contributed by atoms with van der Waals surface area (Å²) in [7, 11) is 6.59. The second-order valence-corrected chi connectivity index (χ2v) is 13.7. The Hall–Kier alpha value is -7.39. The first-order valence-electron chi connectivity index (χ1n) is 18.5. The molecule has 8 bridgehead atoms. The van der Waals surface area contributed by atoms with E-state index in [0.29, 0.717) is 22.8 Å². The molecular formula is C48H38N4O5. The lowest BCUT2D eigenvalue weighted by atomic mass is 9.94. The Kier molecular flexibility index (Phi) is 9.10. The summed E-state index contributed by atoms with van der Waals surface area (Å²) < 4.78 is 22.0. The number of nitrogens with one attached hydrogen (secondary N) is 2. The molecule has 0 spiro atoms. The first-order chi connectivity index (χ1) is 27.9.